The number of carbonyl (C=O) groups is 5. The number of hydrogen-bond acceptors (Lipinski definition) is 8. The highest BCUT2D eigenvalue weighted by atomic mass is 32.2. The van der Waals surface area contributed by atoms with Crippen molar-refractivity contribution in [1.29, 1.82) is 5.26 Å². The quantitative estimate of drug-likeness (QED) is 0.0930. The number of ether oxygens (including phenoxy) is 2. The molecule has 3 aromatic carbocycles. The van der Waals surface area contributed by atoms with E-state index in [9.17, 15) is 29.2 Å². The molecule has 0 saturated carbocycles. The Morgan fingerprint density at radius 3 is 2.09 bits per heavy atom. The number of nitriles is 1. The first-order valence-corrected chi connectivity index (χ1v) is 21.0. The summed E-state index contributed by atoms with van der Waals surface area (Å²) >= 11 is 0. The van der Waals surface area contributed by atoms with Crippen LogP contribution >= 0.6 is 10.5 Å². The summed E-state index contributed by atoms with van der Waals surface area (Å²) in [6, 6.07) is 24.2. The Hall–Kier alpha value is -5.48. The van der Waals surface area contributed by atoms with Crippen LogP contribution < -0.4 is 21.3 Å². The SMILES string of the molecule is C[C@H](NC(=O)[C@@H](CCCCNC(=O)OC(C)(C)C)NC(=O)OCC1c2ccccc2-c2ccccc21)C(=O)N[C@@H](Cc1ccccc1)C(=O)C(C#N)S1=CCCC1. The van der Waals surface area contributed by atoms with E-state index in [0.29, 0.717) is 12.8 Å². The molecule has 4 amide bonds. The molecule has 1 aliphatic carbocycles. The topological polar surface area (TPSA) is 176 Å². The van der Waals surface area contributed by atoms with Gasteiger partial charge < -0.3 is 30.7 Å². The van der Waals surface area contributed by atoms with E-state index in [2.05, 4.69) is 27.3 Å². The van der Waals surface area contributed by atoms with Crippen LogP contribution in [0, 0.1) is 11.3 Å². The van der Waals surface area contributed by atoms with Crippen LogP contribution in [0.25, 0.3) is 11.1 Å². The second-order valence-corrected chi connectivity index (χ2v) is 17.5. The lowest BCUT2D eigenvalue weighted by Crippen LogP contribution is -2.55. The maximum Gasteiger partial charge on any atom is 0.407 e. The van der Waals surface area contributed by atoms with E-state index in [1.807, 2.05) is 84.2 Å². The summed E-state index contributed by atoms with van der Waals surface area (Å²) in [5.41, 5.74) is 4.43. The summed E-state index contributed by atoms with van der Waals surface area (Å²) in [7, 11) is -0.497. The molecule has 1 heterocycles. The van der Waals surface area contributed by atoms with Crippen molar-refractivity contribution in [3.63, 3.8) is 0 Å². The molecule has 0 spiro atoms. The number of Topliss-reactive ketones (excluding diaryl/α,β-unsaturated/α-hetero) is 1. The Balaban J connectivity index is 1.24. The Bertz CT molecular complexity index is 1940. The molecule has 13 heteroatoms. The van der Waals surface area contributed by atoms with Gasteiger partial charge in [0, 0.05) is 12.5 Å². The second-order valence-electron chi connectivity index (χ2n) is 15.3. The molecule has 3 aromatic rings. The van der Waals surface area contributed by atoms with Crippen molar-refractivity contribution in [2.24, 2.45) is 0 Å². The molecule has 5 atom stereocenters. The van der Waals surface area contributed by atoms with Crippen molar-refractivity contribution >= 4 is 45.6 Å². The van der Waals surface area contributed by atoms with E-state index in [1.165, 1.54) is 6.92 Å². The Morgan fingerprint density at radius 2 is 1.47 bits per heavy atom. The van der Waals surface area contributed by atoms with Crippen molar-refractivity contribution in [2.75, 3.05) is 18.9 Å². The lowest BCUT2D eigenvalue weighted by atomic mass is 9.98. The van der Waals surface area contributed by atoms with Gasteiger partial charge in [0.1, 0.15) is 29.5 Å². The fourth-order valence-electron chi connectivity index (χ4n) is 7.02. The molecular weight excluding hydrogens is 743 g/mol. The van der Waals surface area contributed by atoms with E-state index < -0.39 is 63.5 Å². The molecule has 0 saturated heterocycles. The maximum atomic E-state index is 13.8. The molecule has 2 aliphatic rings. The fraction of sp³-hybridized carbons (Fsp3) is 0.432. The highest BCUT2D eigenvalue weighted by Gasteiger charge is 2.34. The van der Waals surface area contributed by atoms with Crippen molar-refractivity contribution in [3.05, 3.63) is 95.6 Å². The molecule has 1 aliphatic heterocycles. The number of alkyl carbamates (subject to hydrolysis) is 2. The number of nitrogens with zero attached hydrogens (tertiary/aromatic N) is 1. The highest BCUT2D eigenvalue weighted by Crippen LogP contribution is 2.44. The number of carbonyl (C=O) groups excluding carboxylic acids is 5. The number of rotatable bonds is 17. The summed E-state index contributed by atoms with van der Waals surface area (Å²) in [6.07, 6.45) is 1.69. The van der Waals surface area contributed by atoms with Crippen LogP contribution in [-0.4, -0.2) is 83.0 Å². The number of unbranched alkanes of at least 4 members (excludes halogenated alkanes) is 1. The van der Waals surface area contributed by atoms with Gasteiger partial charge in [-0.1, -0.05) is 84.2 Å². The van der Waals surface area contributed by atoms with Gasteiger partial charge in [0.2, 0.25) is 11.8 Å². The van der Waals surface area contributed by atoms with Crippen LogP contribution in [0.3, 0.4) is 0 Å². The summed E-state index contributed by atoms with van der Waals surface area (Å²) in [5, 5.41) is 22.1. The number of hydrogen-bond donors (Lipinski definition) is 4. The third-order valence-corrected chi connectivity index (χ3v) is 12.2. The Kier molecular flexibility index (Phi) is 15.0. The summed E-state index contributed by atoms with van der Waals surface area (Å²) in [6.45, 7) is 7.14. The summed E-state index contributed by atoms with van der Waals surface area (Å²) in [5.74, 6) is -0.997. The first kappa shape index (κ1) is 42.7. The van der Waals surface area contributed by atoms with Gasteiger partial charge in [-0.2, -0.15) is 15.7 Å². The number of benzene rings is 3. The van der Waals surface area contributed by atoms with Gasteiger partial charge in [0.05, 0.1) is 12.1 Å². The molecule has 0 bridgehead atoms. The van der Waals surface area contributed by atoms with Crippen LogP contribution in [0.2, 0.25) is 0 Å². The zero-order valence-corrected chi connectivity index (χ0v) is 33.9. The van der Waals surface area contributed by atoms with E-state index in [4.69, 9.17) is 9.47 Å². The van der Waals surface area contributed by atoms with Crippen molar-refractivity contribution < 1.29 is 33.4 Å². The predicted molar refractivity (Wildman–Crippen MR) is 222 cm³/mol. The third kappa shape index (κ3) is 12.0. The van der Waals surface area contributed by atoms with Crippen LogP contribution in [0.15, 0.2) is 78.9 Å². The smallest absolute Gasteiger partial charge is 0.407 e. The molecule has 302 valence electrons. The van der Waals surface area contributed by atoms with E-state index in [0.717, 1.165) is 46.4 Å². The van der Waals surface area contributed by atoms with Gasteiger partial charge in [0.25, 0.3) is 0 Å². The van der Waals surface area contributed by atoms with Crippen molar-refractivity contribution in [1.82, 2.24) is 21.3 Å². The minimum absolute atomic E-state index is 0.0481. The van der Waals surface area contributed by atoms with Crippen molar-refractivity contribution in [2.45, 2.75) is 101 Å². The van der Waals surface area contributed by atoms with E-state index in [1.54, 1.807) is 20.8 Å². The van der Waals surface area contributed by atoms with Crippen LogP contribution in [0.4, 0.5) is 9.59 Å². The number of ketones is 1. The third-order valence-electron chi connectivity index (χ3n) is 9.83. The molecule has 4 N–H and O–H groups in total. The van der Waals surface area contributed by atoms with E-state index in [-0.39, 0.29) is 37.7 Å². The summed E-state index contributed by atoms with van der Waals surface area (Å²) in [4.78, 5) is 66.7. The first-order chi connectivity index (χ1) is 27.3. The van der Waals surface area contributed by atoms with E-state index >= 15 is 0 Å². The standard InChI is InChI=1S/C44H53N5O7S/c1-29(40(51)48-37(26-30-16-6-5-7-17-30)39(50)38(27-45)57-24-14-15-25-57)47-41(52)36(22-12-13-23-46-42(53)56-44(2,3)4)49-43(54)55-28-35-33-20-10-8-18-31(33)32-19-9-11-21-34(32)35/h5-11,16-21,24,29,35-38H,12-15,22-23,25-26,28H2,1-4H3,(H,46,53)(H,47,52)(H,48,51)(H,49,54)/t29-,36+,37-,38?,57?/m0/s1. The van der Waals surface area contributed by atoms with Crippen LogP contribution in [0.1, 0.15) is 82.4 Å². The minimum Gasteiger partial charge on any atom is -0.449 e. The average molecular weight is 796 g/mol. The lowest BCUT2D eigenvalue weighted by Gasteiger charge is -2.25. The Morgan fingerprint density at radius 1 is 0.825 bits per heavy atom. The lowest BCUT2D eigenvalue weighted by molar-refractivity contribution is -0.131. The molecule has 2 unspecified atom stereocenters. The predicted octanol–water partition coefficient (Wildman–Crippen LogP) is 6.15. The maximum absolute atomic E-state index is 13.8. The second kappa shape index (κ2) is 20.1. The van der Waals surface area contributed by atoms with Crippen LogP contribution in [-0.2, 0) is 30.3 Å². The monoisotopic (exact) mass is 795 g/mol. The van der Waals surface area contributed by atoms with Crippen molar-refractivity contribution in [3.8, 4) is 17.2 Å². The van der Waals surface area contributed by atoms with Crippen LogP contribution in [0.5, 0.6) is 0 Å². The molecule has 0 fully saturated rings. The molecule has 0 radical (unpaired) electrons. The van der Waals surface area contributed by atoms with Gasteiger partial charge in [-0.3, -0.25) is 14.4 Å². The first-order valence-electron chi connectivity index (χ1n) is 19.5. The van der Waals surface area contributed by atoms with Gasteiger partial charge >= 0.3 is 12.2 Å². The molecule has 12 nitrogen and oxygen atoms in total. The zero-order valence-electron chi connectivity index (χ0n) is 33.0. The minimum atomic E-state index is -1.09. The Labute approximate surface area is 337 Å². The zero-order chi connectivity index (χ0) is 41.0. The average Bonchev–Trinajstić information content (AvgIpc) is 3.83. The number of amides is 4. The molecule has 57 heavy (non-hydrogen) atoms. The molecule has 0 aromatic heterocycles. The largest absolute Gasteiger partial charge is 0.449 e. The number of fused-ring (bicyclic) bond motifs is 3. The molecular formula is C44H53N5O7S. The van der Waals surface area contributed by atoms with Gasteiger partial charge in [-0.15, -0.1) is 0 Å². The van der Waals surface area contributed by atoms with Gasteiger partial charge in [-0.05, 0) is 99.8 Å². The van der Waals surface area contributed by atoms with Gasteiger partial charge in [-0.25, -0.2) is 9.59 Å². The van der Waals surface area contributed by atoms with Gasteiger partial charge in [0.15, 0.2) is 5.78 Å². The normalized spacial score (nSPS) is 16.6. The summed E-state index contributed by atoms with van der Waals surface area (Å²) < 4.78 is 11.0. The highest BCUT2D eigenvalue weighted by molar-refractivity contribution is 8.16. The number of nitrogens with one attached hydrogen (secondary N) is 4. The molecule has 5 rings (SSSR count). The fourth-order valence-corrected chi connectivity index (χ4v) is 9.19.